The van der Waals surface area contributed by atoms with Gasteiger partial charge in [0.1, 0.15) is 5.40 Å². The number of hydrogen-bond acceptors (Lipinski definition) is 2. The monoisotopic (exact) mass is 194 g/mol. The highest BCUT2D eigenvalue weighted by molar-refractivity contribution is 8.18. The topological polar surface area (TPSA) is 35.8 Å². The first-order chi connectivity index (χ1) is 6.36. The van der Waals surface area contributed by atoms with Crippen LogP contribution in [-0.4, -0.2) is 6.54 Å². The van der Waals surface area contributed by atoms with E-state index in [9.17, 15) is 0 Å². The molecule has 2 nitrogen and oxygen atoms in total. The molecule has 1 aromatic carbocycles. The van der Waals surface area contributed by atoms with Gasteiger partial charge in [0.05, 0.1) is 0 Å². The summed E-state index contributed by atoms with van der Waals surface area (Å²) < 4.78 is 3.18. The van der Waals surface area contributed by atoms with Crippen molar-refractivity contribution in [3.05, 3.63) is 35.9 Å². The standard InChI is InChI=1S/C10H14N2S/c1-2-12-13(9-11)8-10-6-4-3-5-7-10/h3-7,12-13H,2,8H2,1H3. The van der Waals surface area contributed by atoms with Crippen molar-refractivity contribution in [2.75, 3.05) is 6.54 Å². The summed E-state index contributed by atoms with van der Waals surface area (Å²) in [5.74, 6) is 0.848. The van der Waals surface area contributed by atoms with Gasteiger partial charge in [0, 0.05) is 12.3 Å². The molecule has 0 bridgehead atoms. The molecule has 1 N–H and O–H groups in total. The smallest absolute Gasteiger partial charge is 0.124 e. The van der Waals surface area contributed by atoms with Crippen LogP contribution in [-0.2, 0) is 5.75 Å². The Hall–Kier alpha value is -0.980. The quantitative estimate of drug-likeness (QED) is 0.569. The average Bonchev–Trinajstić information content (AvgIpc) is 2.19. The van der Waals surface area contributed by atoms with Crippen LogP contribution in [0.1, 0.15) is 12.5 Å². The number of nitrogens with zero attached hydrogens (tertiary/aromatic N) is 1. The molecule has 0 saturated carbocycles. The second-order valence-corrected chi connectivity index (χ2v) is 4.37. The minimum atomic E-state index is -0.679. The number of nitriles is 1. The molecule has 0 aliphatic rings. The zero-order valence-electron chi connectivity index (χ0n) is 7.70. The molecule has 0 saturated heterocycles. The molecule has 0 aliphatic carbocycles. The van der Waals surface area contributed by atoms with E-state index in [0.717, 1.165) is 12.3 Å². The predicted molar refractivity (Wildman–Crippen MR) is 58.4 cm³/mol. The van der Waals surface area contributed by atoms with Gasteiger partial charge in [-0.2, -0.15) is 5.26 Å². The van der Waals surface area contributed by atoms with E-state index in [4.69, 9.17) is 5.26 Å². The van der Waals surface area contributed by atoms with Gasteiger partial charge in [-0.1, -0.05) is 37.3 Å². The van der Waals surface area contributed by atoms with Crippen LogP contribution in [0.25, 0.3) is 0 Å². The van der Waals surface area contributed by atoms with Crippen molar-refractivity contribution in [2.45, 2.75) is 12.7 Å². The summed E-state index contributed by atoms with van der Waals surface area (Å²) >= 11 is -0.679. The number of hydrogen-bond donors (Lipinski definition) is 2. The van der Waals surface area contributed by atoms with Crippen molar-refractivity contribution in [2.24, 2.45) is 0 Å². The highest BCUT2D eigenvalue weighted by Gasteiger charge is 2.00. The van der Waals surface area contributed by atoms with E-state index >= 15 is 0 Å². The molecule has 1 aromatic rings. The maximum atomic E-state index is 8.83. The van der Waals surface area contributed by atoms with E-state index in [0.29, 0.717) is 0 Å². The van der Waals surface area contributed by atoms with E-state index in [1.54, 1.807) is 0 Å². The van der Waals surface area contributed by atoms with Crippen LogP contribution in [0, 0.1) is 10.7 Å². The van der Waals surface area contributed by atoms with Crippen molar-refractivity contribution in [1.82, 2.24) is 4.72 Å². The Morgan fingerprint density at radius 1 is 1.38 bits per heavy atom. The number of nitrogens with one attached hydrogen (secondary N) is 1. The van der Waals surface area contributed by atoms with Gasteiger partial charge in [-0.05, 0) is 5.56 Å². The molecule has 0 heterocycles. The molecular formula is C10H14N2S. The Kier molecular flexibility index (Phi) is 4.37. The molecule has 0 spiro atoms. The molecule has 13 heavy (non-hydrogen) atoms. The third-order valence-corrected chi connectivity index (χ3v) is 3.27. The van der Waals surface area contributed by atoms with Crippen molar-refractivity contribution in [3.63, 3.8) is 0 Å². The normalized spacial score (nSPS) is 13.4. The van der Waals surface area contributed by atoms with Crippen LogP contribution in [0.4, 0.5) is 0 Å². The molecule has 0 radical (unpaired) electrons. The first kappa shape index (κ1) is 10.1. The van der Waals surface area contributed by atoms with Crippen LogP contribution in [0.5, 0.6) is 0 Å². The second kappa shape index (κ2) is 5.63. The summed E-state index contributed by atoms with van der Waals surface area (Å²) in [5, 5.41) is 11.1. The highest BCUT2D eigenvalue weighted by Crippen LogP contribution is 2.23. The summed E-state index contributed by atoms with van der Waals surface area (Å²) in [5.41, 5.74) is 1.23. The summed E-state index contributed by atoms with van der Waals surface area (Å²) in [4.78, 5) is 0. The third kappa shape index (κ3) is 3.49. The van der Waals surface area contributed by atoms with Gasteiger partial charge in [-0.15, -0.1) is 11.1 Å². The molecule has 0 aliphatic heterocycles. The third-order valence-electron chi connectivity index (χ3n) is 1.65. The SMILES string of the molecule is CCN[SH](C#N)Cc1ccccc1. The van der Waals surface area contributed by atoms with E-state index in [-0.39, 0.29) is 0 Å². The van der Waals surface area contributed by atoms with Gasteiger partial charge >= 0.3 is 0 Å². The van der Waals surface area contributed by atoms with Gasteiger partial charge in [-0.25, -0.2) is 0 Å². The fourth-order valence-electron chi connectivity index (χ4n) is 1.08. The van der Waals surface area contributed by atoms with Crippen molar-refractivity contribution >= 4 is 11.1 Å². The van der Waals surface area contributed by atoms with E-state index < -0.39 is 11.1 Å². The van der Waals surface area contributed by atoms with Crippen LogP contribution < -0.4 is 4.72 Å². The lowest BCUT2D eigenvalue weighted by molar-refractivity contribution is 1.03. The summed E-state index contributed by atoms with van der Waals surface area (Å²) in [7, 11) is 0. The number of thiol groups is 1. The molecule has 1 atom stereocenters. The fraction of sp³-hybridized carbons (Fsp3) is 0.300. The molecule has 0 amide bonds. The number of rotatable bonds is 4. The summed E-state index contributed by atoms with van der Waals surface area (Å²) in [6, 6.07) is 10.1. The van der Waals surface area contributed by atoms with Crippen LogP contribution in [0.15, 0.2) is 30.3 Å². The van der Waals surface area contributed by atoms with Gasteiger partial charge in [0.2, 0.25) is 0 Å². The van der Waals surface area contributed by atoms with Gasteiger partial charge in [0.25, 0.3) is 0 Å². The maximum absolute atomic E-state index is 8.83. The van der Waals surface area contributed by atoms with Crippen molar-refractivity contribution in [1.29, 1.82) is 5.26 Å². The predicted octanol–water partition coefficient (Wildman–Crippen LogP) is 2.19. The largest absolute Gasteiger partial charge is 0.272 e. The molecular weight excluding hydrogens is 180 g/mol. The van der Waals surface area contributed by atoms with E-state index in [1.807, 2.05) is 25.1 Å². The molecule has 3 heteroatoms. The zero-order valence-corrected chi connectivity index (χ0v) is 8.59. The Labute approximate surface area is 82.1 Å². The molecule has 70 valence electrons. The van der Waals surface area contributed by atoms with Crippen LogP contribution in [0.2, 0.25) is 0 Å². The summed E-state index contributed by atoms with van der Waals surface area (Å²) in [6.45, 7) is 2.89. The van der Waals surface area contributed by atoms with Crippen LogP contribution in [0.3, 0.4) is 0 Å². The van der Waals surface area contributed by atoms with Crippen molar-refractivity contribution in [3.8, 4) is 5.40 Å². The highest BCUT2D eigenvalue weighted by atomic mass is 32.2. The fourth-order valence-corrected chi connectivity index (χ4v) is 2.29. The summed E-state index contributed by atoms with van der Waals surface area (Å²) in [6.07, 6.45) is 0. The van der Waals surface area contributed by atoms with Crippen molar-refractivity contribution < 1.29 is 0 Å². The Morgan fingerprint density at radius 3 is 2.62 bits per heavy atom. The first-order valence-electron chi connectivity index (χ1n) is 4.31. The van der Waals surface area contributed by atoms with Gasteiger partial charge < -0.3 is 0 Å². The van der Waals surface area contributed by atoms with E-state index in [2.05, 4.69) is 22.3 Å². The number of thiocyanates is 1. The molecule has 0 fully saturated rings. The van der Waals surface area contributed by atoms with E-state index in [1.165, 1.54) is 5.56 Å². The minimum absolute atomic E-state index is 0.679. The molecule has 1 unspecified atom stereocenters. The molecule has 1 rings (SSSR count). The minimum Gasteiger partial charge on any atom is -0.272 e. The first-order valence-corrected chi connectivity index (χ1v) is 5.84. The lowest BCUT2D eigenvalue weighted by atomic mass is 10.2. The molecule has 0 aromatic heterocycles. The Bertz CT molecular complexity index is 279. The van der Waals surface area contributed by atoms with Gasteiger partial charge in [0.15, 0.2) is 0 Å². The zero-order chi connectivity index (χ0) is 9.52. The Balaban J connectivity index is 2.53. The average molecular weight is 194 g/mol. The van der Waals surface area contributed by atoms with Gasteiger partial charge in [-0.3, -0.25) is 4.72 Å². The Morgan fingerprint density at radius 2 is 2.08 bits per heavy atom. The maximum Gasteiger partial charge on any atom is 0.124 e. The van der Waals surface area contributed by atoms with Crippen LogP contribution >= 0.6 is 11.1 Å². The lowest BCUT2D eigenvalue weighted by Gasteiger charge is -2.13. The lowest BCUT2D eigenvalue weighted by Crippen LogP contribution is -2.08. The number of benzene rings is 1. The second-order valence-electron chi connectivity index (χ2n) is 2.68.